The Morgan fingerprint density at radius 3 is 2.52 bits per heavy atom. The number of nitrogens with zero attached hydrogens (tertiary/aromatic N) is 3. The average Bonchev–Trinajstić information content (AvgIpc) is 2.59. The van der Waals surface area contributed by atoms with Crippen LogP contribution in [0, 0.1) is 0 Å². The molecule has 1 amide bonds. The fourth-order valence-electron chi connectivity index (χ4n) is 2.51. The molecule has 23 heavy (non-hydrogen) atoms. The molecule has 1 aromatic carbocycles. The fourth-order valence-corrected chi connectivity index (χ4v) is 2.51. The third-order valence-corrected chi connectivity index (χ3v) is 3.80. The van der Waals surface area contributed by atoms with Crippen molar-refractivity contribution in [2.45, 2.75) is 26.4 Å². The lowest BCUT2D eigenvalue weighted by Gasteiger charge is -2.26. The van der Waals surface area contributed by atoms with Crippen LogP contribution in [-0.4, -0.2) is 26.8 Å². The molecule has 3 rings (SSSR count). The number of rotatable bonds is 4. The van der Waals surface area contributed by atoms with Gasteiger partial charge in [-0.2, -0.15) is 0 Å². The second-order valence-corrected chi connectivity index (χ2v) is 5.77. The molecule has 0 bridgehead atoms. The van der Waals surface area contributed by atoms with Crippen LogP contribution in [0.2, 0.25) is 0 Å². The number of hydrogen-bond donors (Lipinski definition) is 0. The number of amides is 1. The normalized spacial score (nSPS) is 10.9. The summed E-state index contributed by atoms with van der Waals surface area (Å²) in [6.07, 6.45) is 3.49. The lowest BCUT2D eigenvalue weighted by Crippen LogP contribution is -2.36. The number of aromatic nitrogens is 2. The Balaban J connectivity index is 1.90. The first-order valence-electron chi connectivity index (χ1n) is 7.71. The van der Waals surface area contributed by atoms with Crippen molar-refractivity contribution in [2.75, 3.05) is 0 Å². The van der Waals surface area contributed by atoms with Crippen molar-refractivity contribution in [2.24, 2.45) is 0 Å². The molecule has 0 aliphatic carbocycles. The highest BCUT2D eigenvalue weighted by Gasteiger charge is 2.20. The van der Waals surface area contributed by atoms with Crippen molar-refractivity contribution >= 4 is 16.8 Å². The molecular weight excluding hydrogens is 286 g/mol. The maximum absolute atomic E-state index is 12.9. The second kappa shape index (κ2) is 6.57. The molecule has 2 aromatic heterocycles. The van der Waals surface area contributed by atoms with Gasteiger partial charge in [-0.15, -0.1) is 0 Å². The highest BCUT2D eigenvalue weighted by molar-refractivity contribution is 5.95. The van der Waals surface area contributed by atoms with E-state index in [2.05, 4.69) is 9.97 Å². The number of hydrogen-bond acceptors (Lipinski definition) is 3. The van der Waals surface area contributed by atoms with Crippen molar-refractivity contribution in [3.05, 3.63) is 72.2 Å². The number of pyridine rings is 2. The molecule has 116 valence electrons. The zero-order valence-corrected chi connectivity index (χ0v) is 13.3. The monoisotopic (exact) mass is 305 g/mol. The Kier molecular flexibility index (Phi) is 4.33. The minimum atomic E-state index is -0.0532. The first-order valence-corrected chi connectivity index (χ1v) is 7.71. The summed E-state index contributed by atoms with van der Waals surface area (Å²) < 4.78 is 0. The minimum Gasteiger partial charge on any atom is -0.331 e. The van der Waals surface area contributed by atoms with E-state index >= 15 is 0 Å². The van der Waals surface area contributed by atoms with Crippen LogP contribution in [0.5, 0.6) is 0 Å². The molecule has 0 saturated carbocycles. The van der Waals surface area contributed by atoms with E-state index in [1.807, 2.05) is 61.2 Å². The summed E-state index contributed by atoms with van der Waals surface area (Å²) >= 11 is 0. The molecule has 3 aromatic rings. The van der Waals surface area contributed by atoms with Gasteiger partial charge in [0.2, 0.25) is 0 Å². The molecule has 0 aliphatic rings. The Hall–Kier alpha value is -2.75. The molecule has 0 unspecified atom stereocenters. The van der Waals surface area contributed by atoms with Gasteiger partial charge in [-0.3, -0.25) is 9.78 Å². The van der Waals surface area contributed by atoms with Crippen LogP contribution in [-0.2, 0) is 6.54 Å². The van der Waals surface area contributed by atoms with Crippen LogP contribution in [0.1, 0.15) is 29.9 Å². The summed E-state index contributed by atoms with van der Waals surface area (Å²) in [4.78, 5) is 23.2. The number of para-hydroxylation sites is 1. The topological polar surface area (TPSA) is 46.1 Å². The van der Waals surface area contributed by atoms with E-state index in [4.69, 9.17) is 0 Å². The standard InChI is InChI=1S/C19H19N3O/c1-14(2)22(13-15-9-11-20-12-10-15)19(23)18-8-7-16-5-3-4-6-17(16)21-18/h3-12,14H,13H2,1-2H3. The van der Waals surface area contributed by atoms with E-state index < -0.39 is 0 Å². The SMILES string of the molecule is CC(C)N(Cc1ccncc1)C(=O)c1ccc2ccccc2n1. The van der Waals surface area contributed by atoms with Crippen molar-refractivity contribution in [3.63, 3.8) is 0 Å². The molecule has 0 saturated heterocycles. The third-order valence-electron chi connectivity index (χ3n) is 3.80. The molecule has 4 nitrogen and oxygen atoms in total. The number of fused-ring (bicyclic) bond motifs is 1. The Bertz CT molecular complexity index is 815. The second-order valence-electron chi connectivity index (χ2n) is 5.77. The Morgan fingerprint density at radius 1 is 1.04 bits per heavy atom. The number of carbonyl (C=O) groups is 1. The molecule has 0 radical (unpaired) electrons. The van der Waals surface area contributed by atoms with E-state index in [1.54, 1.807) is 18.5 Å². The highest BCUT2D eigenvalue weighted by atomic mass is 16.2. The van der Waals surface area contributed by atoms with Gasteiger partial charge in [0.15, 0.2) is 0 Å². The summed E-state index contributed by atoms with van der Waals surface area (Å²) in [6.45, 7) is 4.58. The van der Waals surface area contributed by atoms with Crippen molar-refractivity contribution in [1.82, 2.24) is 14.9 Å². The van der Waals surface area contributed by atoms with Gasteiger partial charge in [0.25, 0.3) is 5.91 Å². The van der Waals surface area contributed by atoms with Crippen LogP contribution in [0.15, 0.2) is 60.9 Å². The van der Waals surface area contributed by atoms with Gasteiger partial charge in [0.05, 0.1) is 5.52 Å². The third kappa shape index (κ3) is 3.37. The van der Waals surface area contributed by atoms with Crippen LogP contribution < -0.4 is 0 Å². The summed E-state index contributed by atoms with van der Waals surface area (Å²) in [6, 6.07) is 15.5. The maximum Gasteiger partial charge on any atom is 0.273 e. The predicted molar refractivity (Wildman–Crippen MR) is 91.0 cm³/mol. The number of carbonyl (C=O) groups excluding carboxylic acids is 1. The van der Waals surface area contributed by atoms with Gasteiger partial charge in [0.1, 0.15) is 5.69 Å². The molecule has 2 heterocycles. The first kappa shape index (κ1) is 15.2. The molecule has 4 heteroatoms. The maximum atomic E-state index is 12.9. The fraction of sp³-hybridized carbons (Fsp3) is 0.211. The summed E-state index contributed by atoms with van der Waals surface area (Å²) in [7, 11) is 0. The molecule has 0 fully saturated rings. The van der Waals surface area contributed by atoms with Gasteiger partial charge in [0, 0.05) is 30.4 Å². The predicted octanol–water partition coefficient (Wildman–Crippen LogP) is 3.68. The van der Waals surface area contributed by atoms with Crippen molar-refractivity contribution in [1.29, 1.82) is 0 Å². The van der Waals surface area contributed by atoms with E-state index in [0.717, 1.165) is 16.5 Å². The molecule has 0 spiro atoms. The minimum absolute atomic E-state index is 0.0532. The van der Waals surface area contributed by atoms with Crippen LogP contribution >= 0.6 is 0 Å². The van der Waals surface area contributed by atoms with Gasteiger partial charge < -0.3 is 4.90 Å². The quantitative estimate of drug-likeness (QED) is 0.738. The van der Waals surface area contributed by atoms with Crippen molar-refractivity contribution in [3.8, 4) is 0 Å². The van der Waals surface area contributed by atoms with Crippen LogP contribution in [0.3, 0.4) is 0 Å². The lowest BCUT2D eigenvalue weighted by molar-refractivity contribution is 0.0684. The molecule has 0 N–H and O–H groups in total. The van der Waals surface area contributed by atoms with Gasteiger partial charge >= 0.3 is 0 Å². The van der Waals surface area contributed by atoms with Gasteiger partial charge in [-0.1, -0.05) is 24.3 Å². The first-order chi connectivity index (χ1) is 11.1. The summed E-state index contributed by atoms with van der Waals surface area (Å²) in [5, 5.41) is 1.04. The van der Waals surface area contributed by atoms with E-state index in [0.29, 0.717) is 12.2 Å². The molecular formula is C19H19N3O. The highest BCUT2D eigenvalue weighted by Crippen LogP contribution is 2.16. The van der Waals surface area contributed by atoms with Crippen LogP contribution in [0.4, 0.5) is 0 Å². The summed E-state index contributed by atoms with van der Waals surface area (Å²) in [5.74, 6) is -0.0532. The van der Waals surface area contributed by atoms with Gasteiger partial charge in [-0.25, -0.2) is 4.98 Å². The van der Waals surface area contributed by atoms with Crippen molar-refractivity contribution < 1.29 is 4.79 Å². The zero-order chi connectivity index (χ0) is 16.2. The van der Waals surface area contributed by atoms with Crippen LogP contribution in [0.25, 0.3) is 10.9 Å². The smallest absolute Gasteiger partial charge is 0.273 e. The zero-order valence-electron chi connectivity index (χ0n) is 13.3. The van der Waals surface area contributed by atoms with Gasteiger partial charge in [-0.05, 0) is 43.7 Å². The van der Waals surface area contributed by atoms with E-state index in [9.17, 15) is 4.79 Å². The average molecular weight is 305 g/mol. The van der Waals surface area contributed by atoms with E-state index in [-0.39, 0.29) is 11.9 Å². The van der Waals surface area contributed by atoms with E-state index in [1.165, 1.54) is 0 Å². The molecule has 0 atom stereocenters. The largest absolute Gasteiger partial charge is 0.331 e. The number of benzene rings is 1. The Labute approximate surface area is 135 Å². The molecule has 0 aliphatic heterocycles. The Morgan fingerprint density at radius 2 is 1.78 bits per heavy atom. The lowest BCUT2D eigenvalue weighted by atomic mass is 10.1. The summed E-state index contributed by atoms with van der Waals surface area (Å²) in [5.41, 5.74) is 2.38.